The zero-order chi connectivity index (χ0) is 23.1. The molecule has 1 N–H and O–H groups in total. The molecule has 2 aromatic carbocycles. The second kappa shape index (κ2) is 10.8. The van der Waals surface area contributed by atoms with Crippen LogP contribution >= 0.6 is 0 Å². The summed E-state index contributed by atoms with van der Waals surface area (Å²) in [5.74, 6) is 1.80. The fourth-order valence-corrected chi connectivity index (χ4v) is 3.20. The van der Waals surface area contributed by atoms with Gasteiger partial charge in [-0.25, -0.2) is 0 Å². The Balaban J connectivity index is 1.69. The summed E-state index contributed by atoms with van der Waals surface area (Å²) in [5.41, 5.74) is 2.74. The number of rotatable bonds is 9. The van der Waals surface area contributed by atoms with Crippen LogP contribution in [-0.2, 0) is 11.2 Å². The van der Waals surface area contributed by atoms with Crippen LogP contribution in [0.25, 0.3) is 0 Å². The molecular formula is C26H30N2O4. The first-order valence-electron chi connectivity index (χ1n) is 10.7. The van der Waals surface area contributed by atoms with Gasteiger partial charge < -0.3 is 19.5 Å². The van der Waals surface area contributed by atoms with Gasteiger partial charge in [-0.15, -0.1) is 0 Å². The minimum absolute atomic E-state index is 0.0712. The van der Waals surface area contributed by atoms with E-state index in [0.717, 1.165) is 11.4 Å². The molecule has 0 aliphatic rings. The third-order valence-electron chi connectivity index (χ3n) is 4.79. The molecule has 3 rings (SSSR count). The van der Waals surface area contributed by atoms with Gasteiger partial charge in [-0.2, -0.15) is 0 Å². The minimum Gasteiger partial charge on any atom is -0.491 e. The molecule has 0 fully saturated rings. The number of methoxy groups -OCH3 is 1. The average Bonchev–Trinajstić information content (AvgIpc) is 2.73. The summed E-state index contributed by atoms with van der Waals surface area (Å²) in [6.45, 7) is 7.77. The van der Waals surface area contributed by atoms with Crippen molar-refractivity contribution in [3.05, 3.63) is 77.6 Å². The van der Waals surface area contributed by atoms with Gasteiger partial charge in [-0.3, -0.25) is 9.78 Å². The van der Waals surface area contributed by atoms with Crippen molar-refractivity contribution in [1.82, 2.24) is 4.98 Å². The molecule has 0 spiro atoms. The lowest BCUT2D eigenvalue weighted by Crippen LogP contribution is -2.16. The molecule has 6 nitrogen and oxygen atoms in total. The van der Waals surface area contributed by atoms with Gasteiger partial charge >= 0.3 is 0 Å². The van der Waals surface area contributed by atoms with E-state index >= 15 is 0 Å². The highest BCUT2D eigenvalue weighted by atomic mass is 16.5. The van der Waals surface area contributed by atoms with Crippen molar-refractivity contribution in [2.24, 2.45) is 0 Å². The molecule has 0 saturated heterocycles. The van der Waals surface area contributed by atoms with E-state index in [4.69, 9.17) is 14.2 Å². The highest BCUT2D eigenvalue weighted by Crippen LogP contribution is 2.27. The standard InChI is InChI=1S/C26H30N2O4/c1-17(2)31-23-10-7-11-24(16-23)32-22-9-6-8-20(15-22)28-26(29)25-13-12-21(27-19(25)4)14-18(3)30-5/h6-13,15-18H,14H2,1-5H3,(H,28,29). The summed E-state index contributed by atoms with van der Waals surface area (Å²) in [4.78, 5) is 17.4. The van der Waals surface area contributed by atoms with Crippen molar-refractivity contribution >= 4 is 11.6 Å². The van der Waals surface area contributed by atoms with Gasteiger partial charge in [0.25, 0.3) is 5.91 Å². The molecule has 0 radical (unpaired) electrons. The van der Waals surface area contributed by atoms with E-state index in [-0.39, 0.29) is 18.1 Å². The zero-order valence-electron chi connectivity index (χ0n) is 19.2. The predicted octanol–water partition coefficient (Wildman–Crippen LogP) is 5.80. The second-order valence-corrected chi connectivity index (χ2v) is 7.91. The van der Waals surface area contributed by atoms with Crippen molar-refractivity contribution < 1.29 is 19.0 Å². The van der Waals surface area contributed by atoms with Crippen molar-refractivity contribution in [2.75, 3.05) is 12.4 Å². The maximum absolute atomic E-state index is 12.8. The molecule has 1 unspecified atom stereocenters. The summed E-state index contributed by atoms with van der Waals surface area (Å²) in [5, 5.41) is 2.93. The lowest BCUT2D eigenvalue weighted by Gasteiger charge is -2.13. The van der Waals surface area contributed by atoms with Gasteiger partial charge in [0.15, 0.2) is 0 Å². The molecule has 0 aliphatic heterocycles. The van der Waals surface area contributed by atoms with E-state index in [0.29, 0.717) is 34.9 Å². The first-order valence-corrected chi connectivity index (χ1v) is 10.7. The van der Waals surface area contributed by atoms with Gasteiger partial charge in [-0.1, -0.05) is 12.1 Å². The van der Waals surface area contributed by atoms with E-state index in [1.165, 1.54) is 0 Å². The molecule has 0 saturated carbocycles. The SMILES string of the molecule is COC(C)Cc1ccc(C(=O)Nc2cccc(Oc3cccc(OC(C)C)c3)c2)c(C)n1. The summed E-state index contributed by atoms with van der Waals surface area (Å²) in [7, 11) is 1.67. The monoisotopic (exact) mass is 434 g/mol. The number of carbonyl (C=O) groups excluding carboxylic acids is 1. The zero-order valence-corrected chi connectivity index (χ0v) is 19.2. The normalized spacial score (nSPS) is 11.8. The van der Waals surface area contributed by atoms with E-state index in [9.17, 15) is 4.79 Å². The minimum atomic E-state index is -0.217. The third kappa shape index (κ3) is 6.56. The Morgan fingerprint density at radius 3 is 2.34 bits per heavy atom. The van der Waals surface area contributed by atoms with Gasteiger partial charge in [0.1, 0.15) is 17.2 Å². The molecule has 0 bridgehead atoms. The molecule has 32 heavy (non-hydrogen) atoms. The van der Waals surface area contributed by atoms with E-state index < -0.39 is 0 Å². The number of carbonyl (C=O) groups is 1. The molecule has 168 valence electrons. The van der Waals surface area contributed by atoms with Crippen LogP contribution in [0.3, 0.4) is 0 Å². The Hall–Kier alpha value is -3.38. The van der Waals surface area contributed by atoms with Gasteiger partial charge in [0, 0.05) is 37.0 Å². The van der Waals surface area contributed by atoms with E-state index in [1.54, 1.807) is 19.2 Å². The number of aromatic nitrogens is 1. The molecule has 6 heteroatoms. The van der Waals surface area contributed by atoms with Crippen LogP contribution in [-0.4, -0.2) is 30.2 Å². The Morgan fingerprint density at radius 1 is 0.969 bits per heavy atom. The largest absolute Gasteiger partial charge is 0.491 e. The number of nitrogens with one attached hydrogen (secondary N) is 1. The number of benzene rings is 2. The Labute approximate surface area is 189 Å². The van der Waals surface area contributed by atoms with Crippen LogP contribution in [0.1, 0.15) is 42.5 Å². The van der Waals surface area contributed by atoms with Crippen LogP contribution in [0.2, 0.25) is 0 Å². The third-order valence-corrected chi connectivity index (χ3v) is 4.79. The average molecular weight is 435 g/mol. The number of amides is 1. The Morgan fingerprint density at radius 2 is 1.66 bits per heavy atom. The first kappa shape index (κ1) is 23.3. The molecular weight excluding hydrogens is 404 g/mol. The Bertz CT molecular complexity index is 1070. The lowest BCUT2D eigenvalue weighted by atomic mass is 10.1. The van der Waals surface area contributed by atoms with Crippen molar-refractivity contribution in [3.8, 4) is 17.2 Å². The van der Waals surface area contributed by atoms with Crippen molar-refractivity contribution in [2.45, 2.75) is 46.3 Å². The van der Waals surface area contributed by atoms with E-state index in [2.05, 4.69) is 10.3 Å². The first-order chi connectivity index (χ1) is 15.3. The van der Waals surface area contributed by atoms with Crippen LogP contribution in [0.15, 0.2) is 60.7 Å². The van der Waals surface area contributed by atoms with E-state index in [1.807, 2.05) is 76.2 Å². The molecule has 1 atom stereocenters. The highest BCUT2D eigenvalue weighted by molar-refractivity contribution is 6.05. The molecule has 0 aliphatic carbocycles. The van der Waals surface area contributed by atoms with Gasteiger partial charge in [0.2, 0.25) is 0 Å². The summed E-state index contributed by atoms with van der Waals surface area (Å²) in [6, 6.07) is 18.4. The Kier molecular flexibility index (Phi) is 7.84. The molecule has 3 aromatic rings. The maximum Gasteiger partial charge on any atom is 0.257 e. The number of pyridine rings is 1. The highest BCUT2D eigenvalue weighted by Gasteiger charge is 2.13. The molecule has 1 amide bonds. The summed E-state index contributed by atoms with van der Waals surface area (Å²) in [6.07, 6.45) is 0.850. The van der Waals surface area contributed by atoms with Crippen molar-refractivity contribution in [3.63, 3.8) is 0 Å². The van der Waals surface area contributed by atoms with Crippen LogP contribution in [0.5, 0.6) is 17.2 Å². The smallest absolute Gasteiger partial charge is 0.257 e. The fraction of sp³-hybridized carbons (Fsp3) is 0.308. The topological polar surface area (TPSA) is 69.7 Å². The fourth-order valence-electron chi connectivity index (χ4n) is 3.20. The van der Waals surface area contributed by atoms with Crippen LogP contribution in [0, 0.1) is 6.92 Å². The van der Waals surface area contributed by atoms with Gasteiger partial charge in [0.05, 0.1) is 23.5 Å². The number of hydrogen-bond donors (Lipinski definition) is 1. The van der Waals surface area contributed by atoms with Crippen molar-refractivity contribution in [1.29, 1.82) is 0 Å². The van der Waals surface area contributed by atoms with Gasteiger partial charge in [-0.05, 0) is 64.1 Å². The lowest BCUT2D eigenvalue weighted by molar-refractivity contribution is 0.102. The summed E-state index contributed by atoms with van der Waals surface area (Å²) >= 11 is 0. The number of anilines is 1. The molecule has 1 aromatic heterocycles. The second-order valence-electron chi connectivity index (χ2n) is 7.91. The number of hydrogen-bond acceptors (Lipinski definition) is 5. The van der Waals surface area contributed by atoms with Crippen LogP contribution < -0.4 is 14.8 Å². The number of nitrogens with zero attached hydrogens (tertiary/aromatic N) is 1. The predicted molar refractivity (Wildman–Crippen MR) is 126 cm³/mol. The quantitative estimate of drug-likeness (QED) is 0.461. The number of aryl methyl sites for hydroxylation is 1. The van der Waals surface area contributed by atoms with Crippen LogP contribution in [0.4, 0.5) is 5.69 Å². The summed E-state index contributed by atoms with van der Waals surface area (Å²) < 4.78 is 17.0. The molecule has 1 heterocycles. The number of ether oxygens (including phenoxy) is 3. The maximum atomic E-state index is 12.8.